The summed E-state index contributed by atoms with van der Waals surface area (Å²) in [6.45, 7) is 5.77. The van der Waals surface area contributed by atoms with Crippen LogP contribution in [0.25, 0.3) is 0 Å². The fraction of sp³-hybridized carbons (Fsp3) is 1.00. The highest BCUT2D eigenvalue weighted by atomic mass is 35.5. The smallest absolute Gasteiger partial charge is 0.150 e. The largest absolute Gasteiger partial charge is 0.229 e. The summed E-state index contributed by atoms with van der Waals surface area (Å²) < 4.78 is 22.7. The molecule has 0 rings (SSSR count). The van der Waals surface area contributed by atoms with Gasteiger partial charge in [-0.1, -0.05) is 20.8 Å². The van der Waals surface area contributed by atoms with Crippen LogP contribution < -0.4 is 0 Å². The Morgan fingerprint density at radius 2 is 1.75 bits per heavy atom. The average molecular weight is 213 g/mol. The molecule has 0 saturated heterocycles. The molecule has 0 aromatic rings. The van der Waals surface area contributed by atoms with E-state index in [1.165, 1.54) is 0 Å². The molecular formula is C8H17ClO2S. The molecule has 2 nitrogen and oxygen atoms in total. The Balaban J connectivity index is 4.06. The number of hydrogen-bond acceptors (Lipinski definition) is 2. The third-order valence-corrected chi connectivity index (χ3v) is 3.73. The van der Waals surface area contributed by atoms with Gasteiger partial charge in [-0.2, -0.15) is 0 Å². The highest BCUT2D eigenvalue weighted by Crippen LogP contribution is 2.16. The van der Waals surface area contributed by atoms with Gasteiger partial charge in [-0.25, -0.2) is 8.42 Å². The summed E-state index contributed by atoms with van der Waals surface area (Å²) >= 11 is 5.41. The number of sulfone groups is 1. The molecule has 0 amide bonds. The van der Waals surface area contributed by atoms with Crippen LogP contribution in [0.15, 0.2) is 0 Å². The number of hydrogen-bond donors (Lipinski definition) is 0. The minimum Gasteiger partial charge on any atom is -0.229 e. The van der Waals surface area contributed by atoms with E-state index in [9.17, 15) is 8.42 Å². The topological polar surface area (TPSA) is 34.1 Å². The van der Waals surface area contributed by atoms with E-state index in [-0.39, 0.29) is 16.9 Å². The lowest BCUT2D eigenvalue weighted by Gasteiger charge is -2.17. The maximum Gasteiger partial charge on any atom is 0.150 e. The number of halogens is 1. The fourth-order valence-corrected chi connectivity index (χ4v) is 3.35. The van der Waals surface area contributed by atoms with Crippen molar-refractivity contribution in [1.82, 2.24) is 0 Å². The lowest BCUT2D eigenvalue weighted by atomic mass is 10.0. The Bertz CT molecular complexity index is 214. The zero-order valence-corrected chi connectivity index (χ0v) is 9.50. The summed E-state index contributed by atoms with van der Waals surface area (Å²) in [4.78, 5) is 0. The molecule has 0 aliphatic rings. The van der Waals surface area contributed by atoms with Crippen LogP contribution in [-0.2, 0) is 9.84 Å². The van der Waals surface area contributed by atoms with E-state index in [4.69, 9.17) is 11.6 Å². The Kier molecular flexibility index (Phi) is 4.56. The van der Waals surface area contributed by atoms with Crippen molar-refractivity contribution in [2.75, 3.05) is 17.4 Å². The normalized spacial score (nSPS) is 13.3. The zero-order valence-electron chi connectivity index (χ0n) is 7.93. The molecule has 0 N–H and O–H groups in total. The maximum atomic E-state index is 11.3. The summed E-state index contributed by atoms with van der Waals surface area (Å²) in [5.74, 6) is 0.883. The Morgan fingerprint density at radius 1 is 1.25 bits per heavy atom. The standard InChI is InChI=1S/C8H17ClO2S/c1-8(2,3)7-12(10,11)6-4-5-9/h4-7H2,1-3H3. The van der Waals surface area contributed by atoms with E-state index < -0.39 is 9.84 Å². The monoisotopic (exact) mass is 212 g/mol. The van der Waals surface area contributed by atoms with Crippen molar-refractivity contribution in [2.24, 2.45) is 5.41 Å². The molecule has 0 aromatic carbocycles. The first-order chi connectivity index (χ1) is 5.27. The van der Waals surface area contributed by atoms with Crippen LogP contribution in [0.1, 0.15) is 27.2 Å². The third-order valence-electron chi connectivity index (χ3n) is 1.24. The molecule has 0 radical (unpaired) electrons. The minimum atomic E-state index is -2.89. The van der Waals surface area contributed by atoms with Gasteiger partial charge in [0.2, 0.25) is 0 Å². The van der Waals surface area contributed by atoms with E-state index in [1.54, 1.807) is 0 Å². The van der Waals surface area contributed by atoms with Crippen molar-refractivity contribution in [1.29, 1.82) is 0 Å². The van der Waals surface area contributed by atoms with E-state index in [2.05, 4.69) is 0 Å². The molecule has 0 aromatic heterocycles. The third kappa shape index (κ3) is 6.92. The van der Waals surface area contributed by atoms with Crippen molar-refractivity contribution in [3.63, 3.8) is 0 Å². The zero-order chi connectivity index (χ0) is 9.83. The molecule has 0 heterocycles. The predicted molar refractivity (Wildman–Crippen MR) is 53.4 cm³/mol. The average Bonchev–Trinajstić information content (AvgIpc) is 1.78. The molecule has 0 fully saturated rings. The van der Waals surface area contributed by atoms with Crippen LogP contribution in [0, 0.1) is 5.41 Å². The van der Waals surface area contributed by atoms with Crippen LogP contribution in [0.5, 0.6) is 0 Å². The van der Waals surface area contributed by atoms with Gasteiger partial charge in [0.15, 0.2) is 9.84 Å². The lowest BCUT2D eigenvalue weighted by molar-refractivity contribution is 0.461. The Labute approximate surface area is 80.2 Å². The number of rotatable bonds is 4. The molecule has 0 atom stereocenters. The fourth-order valence-electron chi connectivity index (χ4n) is 1.01. The van der Waals surface area contributed by atoms with Gasteiger partial charge >= 0.3 is 0 Å². The molecule has 74 valence electrons. The van der Waals surface area contributed by atoms with Gasteiger partial charge in [0, 0.05) is 5.88 Å². The SMILES string of the molecule is CC(C)(C)CS(=O)(=O)CCCCl. The molecule has 4 heteroatoms. The predicted octanol–water partition coefficient (Wildman–Crippen LogP) is 2.08. The number of alkyl halides is 1. The molecule has 0 unspecified atom stereocenters. The van der Waals surface area contributed by atoms with E-state index in [1.807, 2.05) is 20.8 Å². The Hall–Kier alpha value is 0.240. The van der Waals surface area contributed by atoms with Crippen molar-refractivity contribution in [3.8, 4) is 0 Å². The van der Waals surface area contributed by atoms with E-state index in [0.29, 0.717) is 12.3 Å². The van der Waals surface area contributed by atoms with Crippen LogP contribution in [0.3, 0.4) is 0 Å². The van der Waals surface area contributed by atoms with E-state index in [0.717, 1.165) is 0 Å². The molecule has 0 aliphatic heterocycles. The van der Waals surface area contributed by atoms with Crippen LogP contribution >= 0.6 is 11.6 Å². The second kappa shape index (κ2) is 4.47. The molecular weight excluding hydrogens is 196 g/mol. The second-order valence-corrected chi connectivity index (χ2v) is 6.76. The van der Waals surface area contributed by atoms with Gasteiger partial charge in [0.1, 0.15) is 0 Å². The first kappa shape index (κ1) is 12.2. The van der Waals surface area contributed by atoms with Gasteiger partial charge in [0.25, 0.3) is 0 Å². The lowest BCUT2D eigenvalue weighted by Crippen LogP contribution is -2.23. The summed E-state index contributed by atoms with van der Waals surface area (Å²) in [5.41, 5.74) is -0.148. The second-order valence-electron chi connectivity index (χ2n) is 4.20. The van der Waals surface area contributed by atoms with Crippen molar-refractivity contribution < 1.29 is 8.42 Å². The quantitative estimate of drug-likeness (QED) is 0.669. The summed E-state index contributed by atoms with van der Waals surface area (Å²) in [7, 11) is -2.89. The first-order valence-corrected chi connectivity index (χ1v) is 6.39. The summed E-state index contributed by atoms with van der Waals surface area (Å²) in [6.07, 6.45) is 0.556. The molecule has 12 heavy (non-hydrogen) atoms. The molecule has 0 bridgehead atoms. The van der Waals surface area contributed by atoms with Gasteiger partial charge in [-0.15, -0.1) is 11.6 Å². The van der Waals surface area contributed by atoms with Crippen LogP contribution in [-0.4, -0.2) is 25.8 Å². The first-order valence-electron chi connectivity index (χ1n) is 4.03. The molecule has 0 aliphatic carbocycles. The summed E-state index contributed by atoms with van der Waals surface area (Å²) in [5, 5.41) is 0. The van der Waals surface area contributed by atoms with Crippen molar-refractivity contribution in [3.05, 3.63) is 0 Å². The van der Waals surface area contributed by atoms with Crippen LogP contribution in [0.2, 0.25) is 0 Å². The van der Waals surface area contributed by atoms with Gasteiger partial charge < -0.3 is 0 Å². The highest BCUT2D eigenvalue weighted by Gasteiger charge is 2.20. The van der Waals surface area contributed by atoms with Crippen molar-refractivity contribution in [2.45, 2.75) is 27.2 Å². The summed E-state index contributed by atoms with van der Waals surface area (Å²) in [6, 6.07) is 0. The van der Waals surface area contributed by atoms with Crippen molar-refractivity contribution >= 4 is 21.4 Å². The maximum absolute atomic E-state index is 11.3. The molecule has 0 spiro atoms. The minimum absolute atomic E-state index is 0.148. The van der Waals surface area contributed by atoms with Crippen LogP contribution in [0.4, 0.5) is 0 Å². The van der Waals surface area contributed by atoms with Gasteiger partial charge in [0.05, 0.1) is 11.5 Å². The van der Waals surface area contributed by atoms with E-state index >= 15 is 0 Å². The Morgan fingerprint density at radius 3 is 2.08 bits per heavy atom. The van der Waals surface area contributed by atoms with Gasteiger partial charge in [-0.05, 0) is 11.8 Å². The highest BCUT2D eigenvalue weighted by molar-refractivity contribution is 7.91. The molecule has 0 saturated carbocycles. The van der Waals surface area contributed by atoms with Gasteiger partial charge in [-0.3, -0.25) is 0 Å².